The first-order valence-corrected chi connectivity index (χ1v) is 11.0. The van der Waals surface area contributed by atoms with Gasteiger partial charge in [-0.1, -0.05) is 12.1 Å². The van der Waals surface area contributed by atoms with Crippen LogP contribution in [0.5, 0.6) is 0 Å². The number of fused-ring (bicyclic) bond motifs is 2. The van der Waals surface area contributed by atoms with Crippen LogP contribution < -0.4 is 0 Å². The second-order valence-corrected chi connectivity index (χ2v) is 9.80. The lowest BCUT2D eigenvalue weighted by Gasteiger charge is -2.39. The molecule has 2 aromatic heterocycles. The Kier molecular flexibility index (Phi) is 3.96. The van der Waals surface area contributed by atoms with E-state index in [0.29, 0.717) is 18.0 Å². The summed E-state index contributed by atoms with van der Waals surface area (Å²) in [5.41, 5.74) is 4.16. The van der Waals surface area contributed by atoms with E-state index in [9.17, 15) is 8.42 Å². The minimum Gasteiger partial charge on any atom is -0.282 e. The molecule has 0 saturated carbocycles. The smallest absolute Gasteiger partial charge is 0.243 e. The third-order valence-corrected chi connectivity index (χ3v) is 8.13. The maximum atomic E-state index is 13.3. The highest BCUT2D eigenvalue weighted by Crippen LogP contribution is 2.44. The van der Waals surface area contributed by atoms with E-state index in [2.05, 4.69) is 15.3 Å². The van der Waals surface area contributed by atoms with Gasteiger partial charge in [-0.05, 0) is 55.0 Å². The summed E-state index contributed by atoms with van der Waals surface area (Å²) in [7, 11) is -1.66. The van der Waals surface area contributed by atoms with E-state index in [1.165, 1.54) is 5.56 Å². The van der Waals surface area contributed by atoms with Crippen molar-refractivity contribution in [2.45, 2.75) is 36.0 Å². The van der Waals surface area contributed by atoms with Crippen molar-refractivity contribution in [3.63, 3.8) is 0 Å². The highest BCUT2D eigenvalue weighted by Gasteiger charge is 2.46. The summed E-state index contributed by atoms with van der Waals surface area (Å²) in [6, 6.07) is 9.03. The predicted molar refractivity (Wildman–Crippen MR) is 105 cm³/mol. The van der Waals surface area contributed by atoms with Gasteiger partial charge in [0, 0.05) is 37.4 Å². The standard InChI is InChI=1S/C20H23N5O2S/c1-24-18(8-11-22-24)15-3-5-17(6-4-15)28(26,27)25-12-2-9-20(14-25)10-7-16-13-21-23-19(16)20/h3-6,8,11,13H,2,7,9-10,12,14H2,1H3,(H,21,23). The minimum absolute atomic E-state index is 0.119. The van der Waals surface area contributed by atoms with Crippen LogP contribution in [0, 0.1) is 0 Å². The number of rotatable bonds is 3. The van der Waals surface area contributed by atoms with Crippen LogP contribution in [-0.4, -0.2) is 45.8 Å². The van der Waals surface area contributed by atoms with Crippen LogP contribution in [0.1, 0.15) is 30.5 Å². The first kappa shape index (κ1) is 17.6. The third-order valence-electron chi connectivity index (χ3n) is 6.27. The molecule has 8 heteroatoms. The molecular weight excluding hydrogens is 374 g/mol. The molecule has 1 spiro atoms. The summed E-state index contributed by atoms with van der Waals surface area (Å²) in [5.74, 6) is 0. The van der Waals surface area contributed by atoms with Crippen molar-refractivity contribution in [1.29, 1.82) is 0 Å². The third kappa shape index (κ3) is 2.62. The van der Waals surface area contributed by atoms with Gasteiger partial charge in [-0.25, -0.2) is 8.42 Å². The number of aromatic nitrogens is 4. The van der Waals surface area contributed by atoms with Crippen molar-refractivity contribution in [2.75, 3.05) is 13.1 Å². The van der Waals surface area contributed by atoms with Crippen molar-refractivity contribution in [2.24, 2.45) is 7.05 Å². The van der Waals surface area contributed by atoms with Gasteiger partial charge in [-0.3, -0.25) is 9.78 Å². The number of aryl methyl sites for hydroxylation is 2. The molecule has 5 rings (SSSR count). The Morgan fingerprint density at radius 3 is 2.71 bits per heavy atom. The summed E-state index contributed by atoms with van der Waals surface area (Å²) in [6.07, 6.45) is 7.45. The van der Waals surface area contributed by atoms with Gasteiger partial charge in [0.15, 0.2) is 0 Å². The van der Waals surface area contributed by atoms with Crippen LogP contribution >= 0.6 is 0 Å². The van der Waals surface area contributed by atoms with Crippen LogP contribution in [0.3, 0.4) is 0 Å². The molecule has 3 aromatic rings. The minimum atomic E-state index is -3.53. The van der Waals surface area contributed by atoms with E-state index in [-0.39, 0.29) is 5.41 Å². The molecule has 2 aliphatic rings. The molecule has 1 saturated heterocycles. The lowest BCUT2D eigenvalue weighted by molar-refractivity contribution is 0.218. The molecule has 0 bridgehead atoms. The molecule has 28 heavy (non-hydrogen) atoms. The van der Waals surface area contributed by atoms with Gasteiger partial charge in [0.2, 0.25) is 10.0 Å². The number of nitrogens with one attached hydrogen (secondary N) is 1. The molecule has 1 aliphatic heterocycles. The quantitative estimate of drug-likeness (QED) is 0.736. The van der Waals surface area contributed by atoms with Crippen LogP contribution in [-0.2, 0) is 28.9 Å². The van der Waals surface area contributed by atoms with Gasteiger partial charge < -0.3 is 0 Å². The van der Waals surface area contributed by atoms with Crippen LogP contribution in [0.15, 0.2) is 47.6 Å². The van der Waals surface area contributed by atoms with Crippen molar-refractivity contribution in [1.82, 2.24) is 24.3 Å². The molecule has 0 amide bonds. The number of aromatic amines is 1. The Morgan fingerprint density at radius 1 is 1.14 bits per heavy atom. The monoisotopic (exact) mass is 397 g/mol. The van der Waals surface area contributed by atoms with Crippen molar-refractivity contribution in [3.05, 3.63) is 54.0 Å². The van der Waals surface area contributed by atoms with Gasteiger partial charge in [-0.15, -0.1) is 0 Å². The summed E-state index contributed by atoms with van der Waals surface area (Å²) >= 11 is 0. The molecule has 1 aliphatic carbocycles. The van der Waals surface area contributed by atoms with E-state index < -0.39 is 10.0 Å². The maximum Gasteiger partial charge on any atom is 0.243 e. The topological polar surface area (TPSA) is 83.9 Å². The van der Waals surface area contributed by atoms with Crippen molar-refractivity contribution < 1.29 is 8.42 Å². The van der Waals surface area contributed by atoms with Gasteiger partial charge in [0.05, 0.1) is 16.8 Å². The second kappa shape index (κ2) is 6.28. The molecule has 1 unspecified atom stereocenters. The zero-order chi connectivity index (χ0) is 19.4. The first-order chi connectivity index (χ1) is 13.5. The van der Waals surface area contributed by atoms with Crippen molar-refractivity contribution >= 4 is 10.0 Å². The molecule has 1 atom stereocenters. The van der Waals surface area contributed by atoms with E-state index >= 15 is 0 Å². The molecule has 1 aromatic carbocycles. The molecular formula is C20H23N5O2S. The number of sulfonamides is 1. The fraction of sp³-hybridized carbons (Fsp3) is 0.400. The average Bonchev–Trinajstić information content (AvgIpc) is 3.41. The van der Waals surface area contributed by atoms with Crippen LogP contribution in [0.4, 0.5) is 0 Å². The summed E-state index contributed by atoms with van der Waals surface area (Å²) in [6.45, 7) is 1.09. The largest absolute Gasteiger partial charge is 0.282 e. The van der Waals surface area contributed by atoms with Gasteiger partial charge >= 0.3 is 0 Å². The summed E-state index contributed by atoms with van der Waals surface area (Å²) in [5, 5.41) is 11.5. The summed E-state index contributed by atoms with van der Waals surface area (Å²) < 4.78 is 30.1. The Bertz CT molecular complexity index is 1120. The Hall–Kier alpha value is -2.45. The van der Waals surface area contributed by atoms with E-state index in [4.69, 9.17) is 0 Å². The molecule has 1 fully saturated rings. The highest BCUT2D eigenvalue weighted by molar-refractivity contribution is 7.89. The SMILES string of the molecule is Cn1nccc1-c1ccc(S(=O)(=O)N2CCCC3(CCc4cn[nH]c43)C2)cc1. The predicted octanol–water partition coefficient (Wildman–Crippen LogP) is 2.48. The average molecular weight is 398 g/mol. The number of hydrogen-bond donors (Lipinski definition) is 1. The van der Waals surface area contributed by atoms with Gasteiger partial charge in [-0.2, -0.15) is 14.5 Å². The Labute approximate surface area is 164 Å². The zero-order valence-corrected chi connectivity index (χ0v) is 16.6. The van der Waals surface area contributed by atoms with Crippen LogP contribution in [0.2, 0.25) is 0 Å². The number of nitrogens with zero attached hydrogens (tertiary/aromatic N) is 4. The normalized spacial score (nSPS) is 22.6. The zero-order valence-electron chi connectivity index (χ0n) is 15.8. The van der Waals surface area contributed by atoms with E-state index in [1.807, 2.05) is 31.4 Å². The van der Waals surface area contributed by atoms with Gasteiger partial charge in [0.1, 0.15) is 0 Å². The first-order valence-electron chi connectivity index (χ1n) is 9.61. The van der Waals surface area contributed by atoms with E-state index in [0.717, 1.165) is 42.6 Å². The lowest BCUT2D eigenvalue weighted by atomic mass is 9.78. The molecule has 1 N–H and O–H groups in total. The fourth-order valence-corrected chi connectivity index (χ4v) is 6.33. The number of H-pyrrole nitrogens is 1. The lowest BCUT2D eigenvalue weighted by Crippen LogP contribution is -2.47. The second-order valence-electron chi connectivity index (χ2n) is 7.86. The van der Waals surface area contributed by atoms with Crippen molar-refractivity contribution in [3.8, 4) is 11.3 Å². The number of hydrogen-bond acceptors (Lipinski definition) is 4. The molecule has 7 nitrogen and oxygen atoms in total. The molecule has 146 valence electrons. The number of piperidine rings is 1. The van der Waals surface area contributed by atoms with Gasteiger partial charge in [0.25, 0.3) is 0 Å². The fourth-order valence-electron chi connectivity index (χ4n) is 4.77. The van der Waals surface area contributed by atoms with Crippen LogP contribution in [0.25, 0.3) is 11.3 Å². The van der Waals surface area contributed by atoms with E-state index in [1.54, 1.807) is 27.3 Å². The highest BCUT2D eigenvalue weighted by atomic mass is 32.2. The molecule has 0 radical (unpaired) electrons. The molecule has 3 heterocycles. The maximum absolute atomic E-state index is 13.3. The Morgan fingerprint density at radius 2 is 1.96 bits per heavy atom. The summed E-state index contributed by atoms with van der Waals surface area (Å²) in [4.78, 5) is 0.346. The number of benzene rings is 1. The Balaban J connectivity index is 1.43.